The van der Waals surface area contributed by atoms with Gasteiger partial charge < -0.3 is 14.2 Å². The van der Waals surface area contributed by atoms with Crippen molar-refractivity contribution in [2.45, 2.75) is 68.3 Å². The molecule has 0 bridgehead atoms. The summed E-state index contributed by atoms with van der Waals surface area (Å²) in [5, 5.41) is -0.485. The lowest BCUT2D eigenvalue weighted by atomic mass is 9.94. The fraction of sp³-hybridized carbons (Fsp3) is 0.923. The van der Waals surface area contributed by atoms with Crippen LogP contribution in [0.4, 0.5) is 0 Å². The highest BCUT2D eigenvalue weighted by molar-refractivity contribution is 6.30. The zero-order valence-electron chi connectivity index (χ0n) is 10.4. The fourth-order valence-electron chi connectivity index (χ4n) is 3.14. The molecule has 2 saturated heterocycles. The largest absolute Gasteiger partial charge is 0.461 e. The Labute approximate surface area is 112 Å². The van der Waals surface area contributed by atoms with Crippen LogP contribution in [-0.2, 0) is 19.0 Å². The standard InChI is InChI=1S/C13H19ClO4/c14-11-7-9(17-12(11)15)6-10-8-16-13(18-10)4-2-1-3-5-13/h9-11H,1-8H2/t9-,10+,11-/m1/s1. The first-order valence-corrected chi connectivity index (χ1v) is 7.27. The normalized spacial score (nSPS) is 39.2. The lowest BCUT2D eigenvalue weighted by Gasteiger charge is -2.31. The average Bonchev–Trinajstić information content (AvgIpc) is 2.86. The van der Waals surface area contributed by atoms with Crippen molar-refractivity contribution < 1.29 is 19.0 Å². The summed E-state index contributed by atoms with van der Waals surface area (Å²) < 4.78 is 17.1. The van der Waals surface area contributed by atoms with Crippen LogP contribution < -0.4 is 0 Å². The van der Waals surface area contributed by atoms with Crippen LogP contribution in [0, 0.1) is 0 Å². The Bertz CT molecular complexity index is 327. The number of hydrogen-bond donors (Lipinski definition) is 0. The van der Waals surface area contributed by atoms with Gasteiger partial charge in [0, 0.05) is 25.7 Å². The van der Waals surface area contributed by atoms with Gasteiger partial charge in [-0.25, -0.2) is 0 Å². The zero-order chi connectivity index (χ0) is 12.6. The lowest BCUT2D eigenvalue weighted by Crippen LogP contribution is -2.33. The molecule has 3 aliphatic rings. The molecule has 3 atom stereocenters. The third-order valence-electron chi connectivity index (χ3n) is 4.06. The fourth-order valence-corrected chi connectivity index (χ4v) is 3.39. The van der Waals surface area contributed by atoms with E-state index in [-0.39, 0.29) is 24.0 Å². The maximum Gasteiger partial charge on any atom is 0.324 e. The number of carbonyl (C=O) groups excluding carboxylic acids is 1. The Morgan fingerprint density at radius 1 is 1.22 bits per heavy atom. The van der Waals surface area contributed by atoms with E-state index in [1.807, 2.05) is 0 Å². The summed E-state index contributed by atoms with van der Waals surface area (Å²) in [5.41, 5.74) is 0. The van der Waals surface area contributed by atoms with E-state index < -0.39 is 5.38 Å². The summed E-state index contributed by atoms with van der Waals surface area (Å²) >= 11 is 5.84. The van der Waals surface area contributed by atoms with Gasteiger partial charge in [-0.15, -0.1) is 11.6 Å². The predicted molar refractivity (Wildman–Crippen MR) is 65.4 cm³/mol. The van der Waals surface area contributed by atoms with Crippen molar-refractivity contribution in [3.63, 3.8) is 0 Å². The molecular weight excluding hydrogens is 256 g/mol. The van der Waals surface area contributed by atoms with Gasteiger partial charge in [0.1, 0.15) is 11.5 Å². The van der Waals surface area contributed by atoms with E-state index in [1.54, 1.807) is 0 Å². The molecule has 0 N–H and O–H groups in total. The molecule has 3 fully saturated rings. The number of halogens is 1. The van der Waals surface area contributed by atoms with Gasteiger partial charge in [0.2, 0.25) is 0 Å². The van der Waals surface area contributed by atoms with Crippen LogP contribution >= 0.6 is 11.6 Å². The third kappa shape index (κ3) is 2.51. The topological polar surface area (TPSA) is 44.8 Å². The Balaban J connectivity index is 1.52. The highest BCUT2D eigenvalue weighted by Gasteiger charge is 2.44. The number of cyclic esters (lactones) is 1. The minimum Gasteiger partial charge on any atom is -0.461 e. The molecule has 5 heteroatoms. The number of esters is 1. The van der Waals surface area contributed by atoms with Gasteiger partial charge in [-0.3, -0.25) is 4.79 Å². The number of alkyl halides is 1. The van der Waals surface area contributed by atoms with Gasteiger partial charge in [0.05, 0.1) is 12.7 Å². The molecule has 0 amide bonds. The van der Waals surface area contributed by atoms with Crippen LogP contribution in [0.3, 0.4) is 0 Å². The van der Waals surface area contributed by atoms with E-state index in [1.165, 1.54) is 19.3 Å². The molecule has 0 radical (unpaired) electrons. The van der Waals surface area contributed by atoms with Crippen molar-refractivity contribution in [1.29, 1.82) is 0 Å². The Hall–Kier alpha value is -0.320. The average molecular weight is 275 g/mol. The monoisotopic (exact) mass is 274 g/mol. The van der Waals surface area contributed by atoms with E-state index in [4.69, 9.17) is 25.8 Å². The molecule has 18 heavy (non-hydrogen) atoms. The first kappa shape index (κ1) is 12.7. The van der Waals surface area contributed by atoms with E-state index >= 15 is 0 Å². The van der Waals surface area contributed by atoms with Crippen LogP contribution in [0.1, 0.15) is 44.9 Å². The number of carbonyl (C=O) groups is 1. The molecule has 0 aromatic heterocycles. The summed E-state index contributed by atoms with van der Waals surface area (Å²) in [4.78, 5) is 11.2. The van der Waals surface area contributed by atoms with Crippen LogP contribution in [0.15, 0.2) is 0 Å². The zero-order valence-corrected chi connectivity index (χ0v) is 11.2. The van der Waals surface area contributed by atoms with E-state index in [0.29, 0.717) is 19.4 Å². The molecule has 1 saturated carbocycles. The SMILES string of the molecule is O=C1O[C@H](C[C@H]2COC3(CCCCC3)O2)C[C@H]1Cl. The molecule has 0 aromatic carbocycles. The number of hydrogen-bond acceptors (Lipinski definition) is 4. The molecule has 1 spiro atoms. The lowest BCUT2D eigenvalue weighted by molar-refractivity contribution is -0.189. The molecule has 4 nitrogen and oxygen atoms in total. The predicted octanol–water partition coefficient (Wildman–Crippen LogP) is 2.38. The second-order valence-electron chi connectivity index (χ2n) is 5.52. The number of rotatable bonds is 2. The van der Waals surface area contributed by atoms with Crippen molar-refractivity contribution in [2.24, 2.45) is 0 Å². The maximum absolute atomic E-state index is 11.2. The minimum atomic E-state index is -0.485. The molecule has 0 aromatic rings. The molecule has 102 valence electrons. The van der Waals surface area contributed by atoms with Crippen LogP contribution in [0.5, 0.6) is 0 Å². The van der Waals surface area contributed by atoms with Gasteiger partial charge in [0.15, 0.2) is 5.79 Å². The van der Waals surface area contributed by atoms with Gasteiger partial charge >= 0.3 is 5.97 Å². The molecule has 0 unspecified atom stereocenters. The summed E-state index contributed by atoms with van der Waals surface area (Å²) in [6, 6.07) is 0. The second kappa shape index (κ2) is 4.99. The van der Waals surface area contributed by atoms with Crippen LogP contribution in [0.25, 0.3) is 0 Å². The highest BCUT2D eigenvalue weighted by atomic mass is 35.5. The molecule has 2 heterocycles. The molecular formula is C13H19ClO4. The first-order valence-electron chi connectivity index (χ1n) is 6.83. The van der Waals surface area contributed by atoms with E-state index in [0.717, 1.165) is 12.8 Å². The third-order valence-corrected chi connectivity index (χ3v) is 4.42. The summed E-state index contributed by atoms with van der Waals surface area (Å²) in [6.45, 7) is 0.612. The van der Waals surface area contributed by atoms with Gasteiger partial charge in [-0.05, 0) is 12.8 Å². The van der Waals surface area contributed by atoms with Gasteiger partial charge in [-0.2, -0.15) is 0 Å². The van der Waals surface area contributed by atoms with Crippen LogP contribution in [-0.4, -0.2) is 35.9 Å². The van der Waals surface area contributed by atoms with Crippen molar-refractivity contribution in [1.82, 2.24) is 0 Å². The second-order valence-corrected chi connectivity index (χ2v) is 6.05. The molecule has 1 aliphatic carbocycles. The Kier molecular flexibility index (Phi) is 3.52. The maximum atomic E-state index is 11.2. The highest BCUT2D eigenvalue weighted by Crippen LogP contribution is 2.39. The summed E-state index contributed by atoms with van der Waals surface area (Å²) in [7, 11) is 0. The molecule has 2 aliphatic heterocycles. The Morgan fingerprint density at radius 2 is 2.00 bits per heavy atom. The van der Waals surface area contributed by atoms with E-state index in [9.17, 15) is 4.79 Å². The summed E-state index contributed by atoms with van der Waals surface area (Å²) in [5.74, 6) is -0.640. The smallest absolute Gasteiger partial charge is 0.324 e. The van der Waals surface area contributed by atoms with Crippen molar-refractivity contribution in [2.75, 3.05) is 6.61 Å². The number of ether oxygens (including phenoxy) is 3. The van der Waals surface area contributed by atoms with Crippen molar-refractivity contribution in [3.8, 4) is 0 Å². The van der Waals surface area contributed by atoms with Crippen molar-refractivity contribution >= 4 is 17.6 Å². The molecule has 3 rings (SSSR count). The first-order chi connectivity index (χ1) is 8.67. The van der Waals surface area contributed by atoms with Gasteiger partial charge in [-0.1, -0.05) is 6.42 Å². The summed E-state index contributed by atoms with van der Waals surface area (Å²) in [6.07, 6.45) is 6.84. The van der Waals surface area contributed by atoms with E-state index in [2.05, 4.69) is 0 Å². The quantitative estimate of drug-likeness (QED) is 0.573. The van der Waals surface area contributed by atoms with Gasteiger partial charge in [0.25, 0.3) is 0 Å². The minimum absolute atomic E-state index is 0.0443. The Morgan fingerprint density at radius 3 is 2.67 bits per heavy atom. The van der Waals surface area contributed by atoms with Crippen molar-refractivity contribution in [3.05, 3.63) is 0 Å². The van der Waals surface area contributed by atoms with Crippen LogP contribution in [0.2, 0.25) is 0 Å².